The molecule has 0 heterocycles. The minimum atomic E-state index is -0.327. The summed E-state index contributed by atoms with van der Waals surface area (Å²) in [6.45, 7) is 1.78. The van der Waals surface area contributed by atoms with Crippen LogP contribution in [0.15, 0.2) is 42.5 Å². The van der Waals surface area contributed by atoms with E-state index in [-0.39, 0.29) is 18.4 Å². The average molecular weight is 328 g/mol. The first-order valence-corrected chi connectivity index (χ1v) is 7.43. The molecule has 6 nitrogen and oxygen atoms in total. The third-order valence-electron chi connectivity index (χ3n) is 3.31. The molecule has 0 fully saturated rings. The molecule has 2 aromatic rings. The van der Waals surface area contributed by atoms with E-state index >= 15 is 0 Å². The summed E-state index contributed by atoms with van der Waals surface area (Å²) < 4.78 is 10.7. The topological polar surface area (TPSA) is 76.7 Å². The number of ether oxygens (including phenoxy) is 2. The van der Waals surface area contributed by atoms with Crippen LogP contribution in [-0.2, 0) is 4.79 Å². The number of hydrogen-bond acceptors (Lipinski definition) is 4. The van der Waals surface area contributed by atoms with Crippen LogP contribution in [0.1, 0.15) is 15.9 Å². The maximum Gasteiger partial charge on any atom is 0.262 e. The van der Waals surface area contributed by atoms with Crippen molar-refractivity contribution in [3.8, 4) is 11.5 Å². The molecule has 0 saturated heterocycles. The van der Waals surface area contributed by atoms with Crippen molar-refractivity contribution in [3.63, 3.8) is 0 Å². The molecule has 0 unspecified atom stereocenters. The van der Waals surface area contributed by atoms with Gasteiger partial charge in [-0.1, -0.05) is 12.1 Å². The Bertz CT molecular complexity index is 744. The highest BCUT2D eigenvalue weighted by atomic mass is 16.5. The molecule has 0 radical (unpaired) electrons. The number of rotatable bonds is 6. The van der Waals surface area contributed by atoms with Crippen LogP contribution in [0.2, 0.25) is 0 Å². The molecule has 24 heavy (non-hydrogen) atoms. The van der Waals surface area contributed by atoms with Crippen LogP contribution in [0.4, 0.5) is 5.69 Å². The Morgan fingerprint density at radius 2 is 1.88 bits per heavy atom. The first-order valence-electron chi connectivity index (χ1n) is 7.43. The highest BCUT2D eigenvalue weighted by molar-refractivity contribution is 5.97. The first-order chi connectivity index (χ1) is 11.5. The lowest BCUT2D eigenvalue weighted by molar-refractivity contribution is -0.118. The second kappa shape index (κ2) is 8.01. The number of methoxy groups -OCH3 is 1. The predicted octanol–water partition coefficient (Wildman–Crippen LogP) is 2.38. The highest BCUT2D eigenvalue weighted by Gasteiger charge is 2.09. The zero-order chi connectivity index (χ0) is 17.5. The van der Waals surface area contributed by atoms with Crippen molar-refractivity contribution >= 4 is 17.5 Å². The largest absolute Gasteiger partial charge is 0.493 e. The fourth-order valence-corrected chi connectivity index (χ4v) is 2.12. The van der Waals surface area contributed by atoms with E-state index in [4.69, 9.17) is 9.47 Å². The van der Waals surface area contributed by atoms with Crippen molar-refractivity contribution in [1.82, 2.24) is 5.32 Å². The summed E-state index contributed by atoms with van der Waals surface area (Å²) in [7, 11) is 3.10. The molecule has 2 amide bonds. The zero-order valence-corrected chi connectivity index (χ0v) is 13.9. The van der Waals surface area contributed by atoms with E-state index in [1.165, 1.54) is 0 Å². The number of carbonyl (C=O) groups is 2. The van der Waals surface area contributed by atoms with Crippen LogP contribution in [0.5, 0.6) is 11.5 Å². The minimum absolute atomic E-state index is 0.163. The smallest absolute Gasteiger partial charge is 0.262 e. The average Bonchev–Trinajstić information content (AvgIpc) is 2.60. The summed E-state index contributed by atoms with van der Waals surface area (Å²) in [5, 5.41) is 5.23. The van der Waals surface area contributed by atoms with Gasteiger partial charge in [-0.2, -0.15) is 0 Å². The molecule has 0 saturated carbocycles. The fourth-order valence-electron chi connectivity index (χ4n) is 2.12. The van der Waals surface area contributed by atoms with E-state index in [1.807, 2.05) is 19.1 Å². The van der Waals surface area contributed by atoms with Gasteiger partial charge in [0.2, 0.25) is 0 Å². The number of aryl methyl sites for hydroxylation is 1. The van der Waals surface area contributed by atoms with E-state index in [2.05, 4.69) is 10.6 Å². The Labute approximate surface area is 140 Å². The van der Waals surface area contributed by atoms with Gasteiger partial charge in [-0.05, 0) is 42.8 Å². The van der Waals surface area contributed by atoms with Crippen molar-refractivity contribution in [2.24, 2.45) is 0 Å². The predicted molar refractivity (Wildman–Crippen MR) is 91.7 cm³/mol. The number of amides is 2. The molecule has 0 bridgehead atoms. The van der Waals surface area contributed by atoms with Crippen LogP contribution in [0, 0.1) is 6.92 Å². The van der Waals surface area contributed by atoms with Gasteiger partial charge in [0.05, 0.1) is 7.11 Å². The molecular weight excluding hydrogens is 308 g/mol. The Kier molecular flexibility index (Phi) is 5.78. The van der Waals surface area contributed by atoms with Gasteiger partial charge in [-0.25, -0.2) is 0 Å². The Hall–Kier alpha value is -3.02. The first kappa shape index (κ1) is 17.3. The molecule has 0 spiro atoms. The van der Waals surface area contributed by atoms with Crippen LogP contribution in [-0.4, -0.2) is 32.6 Å². The van der Waals surface area contributed by atoms with Crippen molar-refractivity contribution in [1.29, 1.82) is 0 Å². The molecule has 126 valence electrons. The van der Waals surface area contributed by atoms with Crippen molar-refractivity contribution < 1.29 is 19.1 Å². The van der Waals surface area contributed by atoms with Gasteiger partial charge in [-0.3, -0.25) is 9.59 Å². The molecule has 2 aromatic carbocycles. The van der Waals surface area contributed by atoms with Crippen molar-refractivity contribution in [2.45, 2.75) is 6.92 Å². The molecule has 0 aromatic heterocycles. The molecule has 0 aliphatic heterocycles. The second-order valence-electron chi connectivity index (χ2n) is 5.15. The summed E-state index contributed by atoms with van der Waals surface area (Å²) in [4.78, 5) is 23.6. The van der Waals surface area contributed by atoms with Gasteiger partial charge in [0, 0.05) is 18.3 Å². The normalized spacial score (nSPS) is 9.96. The second-order valence-corrected chi connectivity index (χ2v) is 5.15. The number of nitrogens with one attached hydrogen (secondary N) is 2. The van der Waals surface area contributed by atoms with Gasteiger partial charge in [0.1, 0.15) is 0 Å². The molecule has 2 N–H and O–H groups in total. The maximum atomic E-state index is 12.0. The van der Waals surface area contributed by atoms with Crippen molar-refractivity contribution in [2.75, 3.05) is 26.1 Å². The third kappa shape index (κ3) is 4.49. The van der Waals surface area contributed by atoms with E-state index in [0.29, 0.717) is 22.7 Å². The summed E-state index contributed by atoms with van der Waals surface area (Å²) in [5.41, 5.74) is 2.03. The molecule has 0 aliphatic carbocycles. The zero-order valence-electron chi connectivity index (χ0n) is 13.9. The van der Waals surface area contributed by atoms with Crippen LogP contribution < -0.4 is 20.1 Å². The van der Waals surface area contributed by atoms with Gasteiger partial charge in [-0.15, -0.1) is 0 Å². The van der Waals surface area contributed by atoms with Crippen LogP contribution in [0.25, 0.3) is 0 Å². The van der Waals surface area contributed by atoms with Gasteiger partial charge >= 0.3 is 0 Å². The molecule has 0 atom stereocenters. The fraction of sp³-hybridized carbons (Fsp3) is 0.222. The quantitative estimate of drug-likeness (QED) is 0.853. The van der Waals surface area contributed by atoms with Crippen molar-refractivity contribution in [3.05, 3.63) is 53.6 Å². The summed E-state index contributed by atoms with van der Waals surface area (Å²) >= 11 is 0. The summed E-state index contributed by atoms with van der Waals surface area (Å²) in [6.07, 6.45) is 0. The molecular formula is C18H20N2O4. The van der Waals surface area contributed by atoms with E-state index in [1.54, 1.807) is 44.5 Å². The standard InChI is InChI=1S/C18H20N2O4/c1-12-7-8-15(16(9-12)23-3)24-11-17(21)20-14-6-4-5-13(10-14)18(22)19-2/h4-10H,11H2,1-3H3,(H,19,22)(H,20,21). The van der Waals surface area contributed by atoms with E-state index in [9.17, 15) is 9.59 Å². The lowest BCUT2D eigenvalue weighted by Crippen LogP contribution is -2.21. The maximum absolute atomic E-state index is 12.0. The minimum Gasteiger partial charge on any atom is -0.493 e. The van der Waals surface area contributed by atoms with Gasteiger partial charge in [0.25, 0.3) is 11.8 Å². The Morgan fingerprint density at radius 3 is 2.58 bits per heavy atom. The number of benzene rings is 2. The van der Waals surface area contributed by atoms with Gasteiger partial charge in [0.15, 0.2) is 18.1 Å². The molecule has 0 aliphatic rings. The van der Waals surface area contributed by atoms with E-state index in [0.717, 1.165) is 5.56 Å². The summed E-state index contributed by atoms with van der Waals surface area (Å²) in [6, 6.07) is 12.1. The molecule has 2 rings (SSSR count). The van der Waals surface area contributed by atoms with Gasteiger partial charge < -0.3 is 20.1 Å². The lowest BCUT2D eigenvalue weighted by atomic mass is 10.2. The number of hydrogen-bond donors (Lipinski definition) is 2. The monoisotopic (exact) mass is 328 g/mol. The molecule has 6 heteroatoms. The van der Waals surface area contributed by atoms with Crippen LogP contribution in [0.3, 0.4) is 0 Å². The Balaban J connectivity index is 1.98. The lowest BCUT2D eigenvalue weighted by Gasteiger charge is -2.11. The van der Waals surface area contributed by atoms with Crippen LogP contribution >= 0.6 is 0 Å². The SMILES string of the molecule is CNC(=O)c1cccc(NC(=O)COc2ccc(C)cc2OC)c1. The number of carbonyl (C=O) groups excluding carboxylic acids is 2. The third-order valence-corrected chi connectivity index (χ3v) is 3.31. The highest BCUT2D eigenvalue weighted by Crippen LogP contribution is 2.27. The Morgan fingerprint density at radius 1 is 1.08 bits per heavy atom. The number of anilines is 1. The summed E-state index contributed by atoms with van der Waals surface area (Å²) in [5.74, 6) is 0.528. The van der Waals surface area contributed by atoms with E-state index < -0.39 is 0 Å².